The Morgan fingerprint density at radius 3 is 1.42 bits per heavy atom. The summed E-state index contributed by atoms with van der Waals surface area (Å²) in [6.07, 6.45) is 0. The minimum Gasteiger partial charge on any atom is -0.456 e. The van der Waals surface area contributed by atoms with Crippen LogP contribution in [0.3, 0.4) is 0 Å². The highest BCUT2D eigenvalue weighted by atomic mass is 16.5. The van der Waals surface area contributed by atoms with Crippen LogP contribution in [0.15, 0.2) is 65.1 Å². The zero-order valence-corrected chi connectivity index (χ0v) is 17.8. The molecule has 0 aliphatic heterocycles. The highest BCUT2D eigenvalue weighted by Crippen LogP contribution is 2.28. The first-order valence-electron chi connectivity index (χ1n) is 10.1. The summed E-state index contributed by atoms with van der Waals surface area (Å²) in [7, 11) is 3.28. The SMILES string of the molecule is COCCNC(=N)c1ccc(-c2ccc(-c3ccc(C(=N)NCCOC)cc3)o2)cc1. The molecule has 0 aliphatic rings. The van der Waals surface area contributed by atoms with Crippen LogP contribution in [0.25, 0.3) is 22.6 Å². The summed E-state index contributed by atoms with van der Waals surface area (Å²) in [6.45, 7) is 2.31. The Labute approximate surface area is 182 Å². The molecule has 0 saturated carbocycles. The Morgan fingerprint density at radius 2 is 1.06 bits per heavy atom. The maximum atomic E-state index is 8.08. The monoisotopic (exact) mass is 420 g/mol. The van der Waals surface area contributed by atoms with E-state index in [0.717, 1.165) is 33.8 Å². The largest absolute Gasteiger partial charge is 0.456 e. The molecule has 7 heteroatoms. The summed E-state index contributed by atoms with van der Waals surface area (Å²) in [5.74, 6) is 2.26. The van der Waals surface area contributed by atoms with Crippen LogP contribution in [0.5, 0.6) is 0 Å². The van der Waals surface area contributed by atoms with E-state index in [-0.39, 0.29) is 0 Å². The van der Waals surface area contributed by atoms with Crippen LogP contribution in [0, 0.1) is 10.8 Å². The van der Waals surface area contributed by atoms with Crippen molar-refractivity contribution in [3.8, 4) is 22.6 Å². The first kappa shape index (κ1) is 22.3. The minimum atomic E-state index is 0.367. The van der Waals surface area contributed by atoms with Crippen molar-refractivity contribution in [2.75, 3.05) is 40.5 Å². The van der Waals surface area contributed by atoms with Crippen LogP contribution in [-0.4, -0.2) is 52.2 Å². The normalized spacial score (nSPS) is 10.6. The minimum absolute atomic E-state index is 0.367. The van der Waals surface area contributed by atoms with E-state index in [4.69, 9.17) is 24.7 Å². The molecule has 0 atom stereocenters. The Hall–Kier alpha value is -3.42. The van der Waals surface area contributed by atoms with Gasteiger partial charge in [0.05, 0.1) is 13.2 Å². The van der Waals surface area contributed by atoms with E-state index in [1.807, 2.05) is 60.7 Å². The molecule has 7 nitrogen and oxygen atoms in total. The lowest BCUT2D eigenvalue weighted by Crippen LogP contribution is -2.26. The molecular weight excluding hydrogens is 392 g/mol. The second-order valence-electron chi connectivity index (χ2n) is 6.91. The van der Waals surface area contributed by atoms with Gasteiger partial charge in [-0.25, -0.2) is 0 Å². The molecule has 3 rings (SSSR count). The van der Waals surface area contributed by atoms with Crippen LogP contribution in [0.1, 0.15) is 11.1 Å². The summed E-state index contributed by atoms with van der Waals surface area (Å²) >= 11 is 0. The lowest BCUT2D eigenvalue weighted by atomic mass is 10.1. The van der Waals surface area contributed by atoms with Crippen molar-refractivity contribution < 1.29 is 13.9 Å². The molecule has 3 aromatic rings. The molecule has 1 aromatic heterocycles. The lowest BCUT2D eigenvalue weighted by Gasteiger charge is -2.08. The molecule has 2 aromatic carbocycles. The number of ether oxygens (including phenoxy) is 2. The van der Waals surface area contributed by atoms with E-state index < -0.39 is 0 Å². The highest BCUT2D eigenvalue weighted by molar-refractivity contribution is 5.97. The maximum Gasteiger partial charge on any atom is 0.134 e. The van der Waals surface area contributed by atoms with E-state index in [9.17, 15) is 0 Å². The van der Waals surface area contributed by atoms with Gasteiger partial charge in [-0.3, -0.25) is 10.8 Å². The first-order valence-corrected chi connectivity index (χ1v) is 10.1. The fourth-order valence-electron chi connectivity index (χ4n) is 3.01. The highest BCUT2D eigenvalue weighted by Gasteiger charge is 2.09. The van der Waals surface area contributed by atoms with Gasteiger partial charge >= 0.3 is 0 Å². The molecule has 0 spiro atoms. The fourth-order valence-corrected chi connectivity index (χ4v) is 3.01. The number of hydrogen-bond donors (Lipinski definition) is 4. The molecular formula is C24H28N4O3. The quantitative estimate of drug-likeness (QED) is 0.227. The molecule has 4 N–H and O–H groups in total. The molecule has 0 bridgehead atoms. The van der Waals surface area contributed by atoms with Gasteiger partial charge in [0.2, 0.25) is 0 Å². The van der Waals surface area contributed by atoms with Gasteiger partial charge in [-0.2, -0.15) is 0 Å². The van der Waals surface area contributed by atoms with Gasteiger partial charge in [-0.05, 0) is 12.1 Å². The van der Waals surface area contributed by atoms with Crippen molar-refractivity contribution in [3.05, 3.63) is 71.8 Å². The topological polar surface area (TPSA) is 103 Å². The predicted octanol–water partition coefficient (Wildman–Crippen LogP) is 3.74. The van der Waals surface area contributed by atoms with Crippen LogP contribution in [-0.2, 0) is 9.47 Å². The Kier molecular flexibility index (Phi) is 7.98. The fraction of sp³-hybridized carbons (Fsp3) is 0.250. The smallest absolute Gasteiger partial charge is 0.134 e. The average Bonchev–Trinajstić information content (AvgIpc) is 3.30. The van der Waals surface area contributed by atoms with E-state index in [0.29, 0.717) is 38.0 Å². The Bertz CT molecular complexity index is 914. The van der Waals surface area contributed by atoms with Crippen LogP contribution >= 0.6 is 0 Å². The number of furan rings is 1. The van der Waals surface area contributed by atoms with Gasteiger partial charge in [-0.1, -0.05) is 48.5 Å². The standard InChI is InChI=1S/C24H28N4O3/c1-29-15-13-27-23(25)19-7-3-17(4-8-19)21-11-12-22(31-21)18-5-9-20(10-6-18)24(26)28-14-16-30-2/h3-12H,13-16H2,1-2H3,(H2,25,27)(H2,26,28). The second-order valence-corrected chi connectivity index (χ2v) is 6.91. The van der Waals surface area contributed by atoms with E-state index >= 15 is 0 Å². The van der Waals surface area contributed by atoms with Crippen molar-refractivity contribution in [1.29, 1.82) is 10.8 Å². The molecule has 0 saturated heterocycles. The molecule has 0 unspecified atom stereocenters. The summed E-state index contributed by atoms with van der Waals surface area (Å²) < 4.78 is 16.0. The van der Waals surface area contributed by atoms with E-state index in [1.54, 1.807) is 14.2 Å². The van der Waals surface area contributed by atoms with Crippen molar-refractivity contribution in [1.82, 2.24) is 10.6 Å². The molecule has 0 fully saturated rings. The first-order chi connectivity index (χ1) is 15.1. The van der Waals surface area contributed by atoms with Crippen LogP contribution in [0.4, 0.5) is 0 Å². The van der Waals surface area contributed by atoms with E-state index in [2.05, 4.69) is 10.6 Å². The second kappa shape index (κ2) is 11.1. The van der Waals surface area contributed by atoms with Crippen molar-refractivity contribution in [3.63, 3.8) is 0 Å². The van der Waals surface area contributed by atoms with Gasteiger partial charge in [0, 0.05) is 49.6 Å². The summed E-state index contributed by atoms with van der Waals surface area (Å²) in [6, 6.07) is 19.3. The lowest BCUT2D eigenvalue weighted by molar-refractivity contribution is 0.204. The zero-order valence-electron chi connectivity index (χ0n) is 17.8. The van der Waals surface area contributed by atoms with Crippen LogP contribution in [0.2, 0.25) is 0 Å². The Balaban J connectivity index is 1.64. The number of rotatable bonds is 10. The third kappa shape index (κ3) is 6.04. The van der Waals surface area contributed by atoms with Crippen molar-refractivity contribution >= 4 is 11.7 Å². The number of amidine groups is 2. The molecule has 0 radical (unpaired) electrons. The van der Waals surface area contributed by atoms with Gasteiger partial charge < -0.3 is 24.5 Å². The predicted molar refractivity (Wildman–Crippen MR) is 123 cm³/mol. The molecule has 31 heavy (non-hydrogen) atoms. The van der Waals surface area contributed by atoms with Crippen molar-refractivity contribution in [2.45, 2.75) is 0 Å². The Morgan fingerprint density at radius 1 is 0.677 bits per heavy atom. The molecule has 162 valence electrons. The number of benzene rings is 2. The zero-order chi connectivity index (χ0) is 22.1. The summed E-state index contributed by atoms with van der Waals surface area (Å²) in [4.78, 5) is 0. The molecule has 0 amide bonds. The average molecular weight is 421 g/mol. The summed E-state index contributed by atoms with van der Waals surface area (Å²) in [5.41, 5.74) is 3.51. The third-order valence-corrected chi connectivity index (χ3v) is 4.74. The summed E-state index contributed by atoms with van der Waals surface area (Å²) in [5, 5.41) is 22.2. The maximum absolute atomic E-state index is 8.08. The third-order valence-electron chi connectivity index (χ3n) is 4.74. The van der Waals surface area contributed by atoms with Crippen LogP contribution < -0.4 is 10.6 Å². The van der Waals surface area contributed by atoms with E-state index in [1.165, 1.54) is 0 Å². The number of hydrogen-bond acceptors (Lipinski definition) is 5. The van der Waals surface area contributed by atoms with Gasteiger partial charge in [0.1, 0.15) is 23.2 Å². The van der Waals surface area contributed by atoms with Gasteiger partial charge in [-0.15, -0.1) is 0 Å². The molecule has 1 heterocycles. The van der Waals surface area contributed by atoms with Gasteiger partial charge in [0.25, 0.3) is 0 Å². The van der Waals surface area contributed by atoms with Gasteiger partial charge in [0.15, 0.2) is 0 Å². The van der Waals surface area contributed by atoms with Crippen molar-refractivity contribution in [2.24, 2.45) is 0 Å². The number of methoxy groups -OCH3 is 2. The molecule has 0 aliphatic carbocycles. The number of nitrogens with one attached hydrogen (secondary N) is 4.